The Balaban J connectivity index is 1.62. The van der Waals surface area contributed by atoms with Crippen LogP contribution in [0.4, 0.5) is 0 Å². The molecule has 0 radical (unpaired) electrons. The predicted molar refractivity (Wildman–Crippen MR) is 251 cm³/mol. The van der Waals surface area contributed by atoms with Crippen molar-refractivity contribution in [2.24, 2.45) is 45.3 Å². The lowest BCUT2D eigenvalue weighted by Crippen LogP contribution is -2.67. The van der Waals surface area contributed by atoms with Gasteiger partial charge in [0.2, 0.25) is 0 Å². The molecular formula is C52H81NO18. The topological polar surface area (TPSA) is 241 Å². The van der Waals surface area contributed by atoms with Gasteiger partial charge >= 0.3 is 47.8 Å². The molecular weight excluding hydrogens is 927 g/mol. The first-order chi connectivity index (χ1) is 33.1. The van der Waals surface area contributed by atoms with Crippen LogP contribution in [0.3, 0.4) is 0 Å². The standard InChI is InChI=1S/C52H81NO18/c1-28(54)64-27-37-43(67-31(4)57)44(68-32(5)58)45(69-33(6)59)47(70-37)71-52(12,21-15-25-53-35(46(61)63-14)16-17-41(60)62-13)34-18-23-51(11)42(34)36(65-29(2)55)26-39-49(9)22-20-40(66-30(3)56)48(7,8)38(49)19-24-50(39,51)10/h34-40,42-45,47,53H,15-27H2,1-14H3/t34?,35-,36?,37+,38?,39?,40-,42-,43+,44-,45+,47+,49-,50+,51+,52-/m0/s1. The molecule has 4 saturated carbocycles. The molecule has 4 aliphatic carbocycles. The number of carbonyl (C=O) groups excluding carboxylic acids is 8. The van der Waals surface area contributed by atoms with Gasteiger partial charge in [-0.05, 0) is 112 Å². The Morgan fingerprint density at radius 2 is 1.27 bits per heavy atom. The van der Waals surface area contributed by atoms with Gasteiger partial charge in [-0.2, -0.15) is 0 Å². The number of carbonyl (C=O) groups is 8. The zero-order chi connectivity index (χ0) is 53.0. The van der Waals surface area contributed by atoms with E-state index in [1.165, 1.54) is 41.9 Å². The van der Waals surface area contributed by atoms with Gasteiger partial charge in [-0.25, -0.2) is 0 Å². The van der Waals surface area contributed by atoms with Gasteiger partial charge in [-0.3, -0.25) is 38.4 Å². The summed E-state index contributed by atoms with van der Waals surface area (Å²) in [5.74, 6) is -5.07. The number of hydrogen-bond acceptors (Lipinski definition) is 19. The molecule has 4 unspecified atom stereocenters. The van der Waals surface area contributed by atoms with Crippen LogP contribution in [0.2, 0.25) is 0 Å². The number of hydrogen-bond donors (Lipinski definition) is 1. The monoisotopic (exact) mass is 1010 g/mol. The van der Waals surface area contributed by atoms with Gasteiger partial charge < -0.3 is 52.7 Å². The lowest BCUT2D eigenvalue weighted by molar-refractivity contribution is -0.339. The third-order valence-corrected chi connectivity index (χ3v) is 17.6. The van der Waals surface area contributed by atoms with Gasteiger partial charge in [-0.1, -0.05) is 34.6 Å². The minimum atomic E-state index is -1.51. The van der Waals surface area contributed by atoms with Crippen molar-refractivity contribution in [3.05, 3.63) is 0 Å². The number of fused-ring (bicyclic) bond motifs is 5. The number of methoxy groups -OCH3 is 2. The minimum absolute atomic E-state index is 0.0311. The third kappa shape index (κ3) is 12.2. The summed E-state index contributed by atoms with van der Waals surface area (Å²) in [7, 11) is 2.54. The molecule has 0 aromatic heterocycles. The molecule has 5 rings (SSSR count). The van der Waals surface area contributed by atoms with Gasteiger partial charge in [0.05, 0.1) is 19.8 Å². The Bertz CT molecular complexity index is 1990. The van der Waals surface area contributed by atoms with E-state index in [0.717, 1.165) is 39.5 Å². The molecule has 0 bridgehead atoms. The fourth-order valence-electron chi connectivity index (χ4n) is 14.5. The van der Waals surface area contributed by atoms with Crippen molar-refractivity contribution in [1.82, 2.24) is 5.32 Å². The van der Waals surface area contributed by atoms with Gasteiger partial charge in [0, 0.05) is 59.3 Å². The largest absolute Gasteiger partial charge is 0.469 e. The molecule has 1 aliphatic heterocycles. The van der Waals surface area contributed by atoms with Gasteiger partial charge in [0.1, 0.15) is 31.0 Å². The predicted octanol–water partition coefficient (Wildman–Crippen LogP) is 5.87. The maximum absolute atomic E-state index is 13.4. The molecule has 0 spiro atoms. The number of rotatable bonds is 19. The van der Waals surface area contributed by atoms with E-state index < -0.39 is 102 Å². The summed E-state index contributed by atoms with van der Waals surface area (Å²) < 4.78 is 59.0. The highest BCUT2D eigenvalue weighted by atomic mass is 16.7. The Morgan fingerprint density at radius 3 is 1.85 bits per heavy atom. The average Bonchev–Trinajstić information content (AvgIpc) is 3.65. The van der Waals surface area contributed by atoms with Crippen LogP contribution in [-0.4, -0.2) is 130 Å². The van der Waals surface area contributed by atoms with E-state index in [9.17, 15) is 38.4 Å². The van der Waals surface area contributed by atoms with E-state index >= 15 is 0 Å². The summed E-state index contributed by atoms with van der Waals surface area (Å²) in [5, 5.41) is 3.24. The Morgan fingerprint density at radius 1 is 0.676 bits per heavy atom. The summed E-state index contributed by atoms with van der Waals surface area (Å²) in [6.45, 7) is 20.8. The minimum Gasteiger partial charge on any atom is -0.469 e. The zero-order valence-corrected chi connectivity index (χ0v) is 44.5. The highest BCUT2D eigenvalue weighted by Crippen LogP contribution is 2.76. The lowest BCUT2D eigenvalue weighted by Gasteiger charge is -2.70. The molecule has 0 aromatic rings. The van der Waals surface area contributed by atoms with Crippen LogP contribution in [0.5, 0.6) is 0 Å². The quantitative estimate of drug-likeness (QED) is 0.0904. The van der Waals surface area contributed by atoms with E-state index in [1.807, 2.05) is 6.92 Å². The van der Waals surface area contributed by atoms with Crippen molar-refractivity contribution < 1.29 is 85.7 Å². The summed E-state index contributed by atoms with van der Waals surface area (Å²) in [4.78, 5) is 101. The van der Waals surface area contributed by atoms with Crippen LogP contribution >= 0.6 is 0 Å². The number of esters is 8. The molecule has 1 N–H and O–H groups in total. The second-order valence-electron chi connectivity index (χ2n) is 22.2. The third-order valence-electron chi connectivity index (χ3n) is 17.6. The Kier molecular flexibility index (Phi) is 18.5. The smallest absolute Gasteiger partial charge is 0.322 e. The van der Waals surface area contributed by atoms with E-state index in [1.54, 1.807) is 0 Å². The molecule has 71 heavy (non-hydrogen) atoms. The molecule has 5 fully saturated rings. The zero-order valence-electron chi connectivity index (χ0n) is 44.5. The molecule has 402 valence electrons. The van der Waals surface area contributed by atoms with Crippen molar-refractivity contribution >= 4 is 47.8 Å². The maximum atomic E-state index is 13.4. The van der Waals surface area contributed by atoms with Crippen molar-refractivity contribution in [2.75, 3.05) is 27.4 Å². The highest BCUT2D eigenvalue weighted by Gasteiger charge is 2.73. The molecule has 1 saturated heterocycles. The summed E-state index contributed by atoms with van der Waals surface area (Å²) in [5.41, 5.74) is -2.43. The second-order valence-corrected chi connectivity index (χ2v) is 22.2. The van der Waals surface area contributed by atoms with Crippen molar-refractivity contribution in [1.29, 1.82) is 0 Å². The Labute approximate surface area is 418 Å². The molecule has 5 aliphatic rings. The normalized spacial score (nSPS) is 36.1. The summed E-state index contributed by atoms with van der Waals surface area (Å²) in [6.07, 6.45) is -1.95. The molecule has 16 atom stereocenters. The molecule has 0 aromatic carbocycles. The van der Waals surface area contributed by atoms with Crippen LogP contribution in [0, 0.1) is 45.3 Å². The highest BCUT2D eigenvalue weighted by molar-refractivity contribution is 5.77. The van der Waals surface area contributed by atoms with E-state index in [2.05, 4.69) is 39.9 Å². The fourth-order valence-corrected chi connectivity index (χ4v) is 14.5. The first-order valence-electron chi connectivity index (χ1n) is 25.3. The first kappa shape index (κ1) is 57.5. The number of ether oxygens (including phenoxy) is 10. The average molecular weight is 1010 g/mol. The van der Waals surface area contributed by atoms with Crippen LogP contribution in [0.25, 0.3) is 0 Å². The van der Waals surface area contributed by atoms with Gasteiger partial charge in [0.15, 0.2) is 24.6 Å². The van der Waals surface area contributed by atoms with Crippen LogP contribution in [0.1, 0.15) is 154 Å². The second kappa shape index (κ2) is 22.8. The summed E-state index contributed by atoms with van der Waals surface area (Å²) >= 11 is 0. The first-order valence-corrected chi connectivity index (χ1v) is 25.3. The van der Waals surface area contributed by atoms with Gasteiger partial charge in [0.25, 0.3) is 0 Å². The molecule has 0 amide bonds. The fraction of sp³-hybridized carbons (Fsp3) is 0.846. The van der Waals surface area contributed by atoms with Crippen molar-refractivity contribution in [3.63, 3.8) is 0 Å². The lowest BCUT2D eigenvalue weighted by atomic mass is 9.35. The summed E-state index contributed by atoms with van der Waals surface area (Å²) in [6, 6.07) is -0.838. The van der Waals surface area contributed by atoms with Gasteiger partial charge in [-0.15, -0.1) is 0 Å². The van der Waals surface area contributed by atoms with Crippen molar-refractivity contribution in [2.45, 2.75) is 208 Å². The maximum Gasteiger partial charge on any atom is 0.322 e. The number of nitrogens with one attached hydrogen (secondary N) is 1. The van der Waals surface area contributed by atoms with E-state index in [-0.39, 0.29) is 77.8 Å². The SMILES string of the molecule is COC(=O)CC[C@H](NCCC[C@](C)(O[C@H]1O[C@H](COC(C)=O)[C@@H](OC(C)=O)[C@H](OC(C)=O)[C@H]1OC(C)=O)C1CC[C@]2(C)[C@@H]1C(OC(C)=O)CC1[C@@]3(C)CC[C@H](OC(C)=O)C(C)(C)C3CC[C@]12C)C(=O)OC. The van der Waals surface area contributed by atoms with Crippen LogP contribution < -0.4 is 5.32 Å². The molecule has 19 heteroatoms. The van der Waals surface area contributed by atoms with E-state index in [0.29, 0.717) is 25.7 Å². The Hall–Kier alpha value is -4.36. The van der Waals surface area contributed by atoms with Crippen LogP contribution in [-0.2, 0) is 85.7 Å². The van der Waals surface area contributed by atoms with E-state index in [4.69, 9.17) is 47.4 Å². The molecule has 1 heterocycles. The molecule has 19 nitrogen and oxygen atoms in total. The van der Waals surface area contributed by atoms with Crippen LogP contribution in [0.15, 0.2) is 0 Å². The van der Waals surface area contributed by atoms with Crippen molar-refractivity contribution in [3.8, 4) is 0 Å².